The van der Waals surface area contributed by atoms with Gasteiger partial charge in [0.05, 0.1) is 24.7 Å². The molecule has 0 N–H and O–H groups in total. The van der Waals surface area contributed by atoms with Gasteiger partial charge in [-0.3, -0.25) is 4.68 Å². The molecule has 4 heteroatoms. The highest BCUT2D eigenvalue weighted by Crippen LogP contribution is 2.20. The van der Waals surface area contributed by atoms with E-state index in [-0.39, 0.29) is 0 Å². The second-order valence-corrected chi connectivity index (χ2v) is 4.00. The molecule has 2 heterocycles. The lowest BCUT2D eigenvalue weighted by molar-refractivity contribution is 0.335. The standard InChI is InChI=1S/C11H16N4/c1-2-14-6-4-11(9-14)15-8-10(3-5-12)7-13-15/h7-8,11H,2-4,6,9H2,1H3. The predicted octanol–water partition coefficient (Wildman–Crippen LogP) is 1.22. The van der Waals surface area contributed by atoms with Gasteiger partial charge in [-0.2, -0.15) is 10.4 Å². The summed E-state index contributed by atoms with van der Waals surface area (Å²) in [6.07, 6.45) is 5.44. The second-order valence-electron chi connectivity index (χ2n) is 4.00. The molecule has 80 valence electrons. The van der Waals surface area contributed by atoms with Gasteiger partial charge in [-0.25, -0.2) is 0 Å². The number of hydrogen-bond acceptors (Lipinski definition) is 3. The van der Waals surface area contributed by atoms with E-state index < -0.39 is 0 Å². The van der Waals surface area contributed by atoms with Gasteiger partial charge in [-0.1, -0.05) is 6.92 Å². The summed E-state index contributed by atoms with van der Waals surface area (Å²) in [5.41, 5.74) is 1.02. The summed E-state index contributed by atoms with van der Waals surface area (Å²) < 4.78 is 2.02. The second kappa shape index (κ2) is 4.45. The number of aromatic nitrogens is 2. The van der Waals surface area contributed by atoms with Crippen molar-refractivity contribution in [3.63, 3.8) is 0 Å². The maximum atomic E-state index is 8.58. The van der Waals surface area contributed by atoms with E-state index in [0.29, 0.717) is 12.5 Å². The Morgan fingerprint density at radius 2 is 2.53 bits per heavy atom. The smallest absolute Gasteiger partial charge is 0.0670 e. The fraction of sp³-hybridized carbons (Fsp3) is 0.636. The van der Waals surface area contributed by atoms with Crippen molar-refractivity contribution in [2.24, 2.45) is 0 Å². The topological polar surface area (TPSA) is 44.9 Å². The van der Waals surface area contributed by atoms with Crippen LogP contribution in [0.25, 0.3) is 0 Å². The first-order valence-corrected chi connectivity index (χ1v) is 5.45. The zero-order valence-corrected chi connectivity index (χ0v) is 9.06. The first-order chi connectivity index (χ1) is 7.33. The highest BCUT2D eigenvalue weighted by molar-refractivity contribution is 5.10. The molecule has 1 atom stereocenters. The molecular weight excluding hydrogens is 188 g/mol. The van der Waals surface area contributed by atoms with Gasteiger partial charge < -0.3 is 4.90 Å². The molecule has 0 saturated carbocycles. The van der Waals surface area contributed by atoms with Crippen LogP contribution >= 0.6 is 0 Å². The summed E-state index contributed by atoms with van der Waals surface area (Å²) in [5.74, 6) is 0. The lowest BCUT2D eigenvalue weighted by Gasteiger charge is -2.13. The monoisotopic (exact) mass is 204 g/mol. The lowest BCUT2D eigenvalue weighted by atomic mass is 10.2. The van der Waals surface area contributed by atoms with Crippen molar-refractivity contribution in [1.82, 2.24) is 14.7 Å². The third kappa shape index (κ3) is 2.18. The molecule has 0 aromatic carbocycles. The Morgan fingerprint density at radius 3 is 3.20 bits per heavy atom. The Hall–Kier alpha value is -1.34. The van der Waals surface area contributed by atoms with Crippen molar-refractivity contribution >= 4 is 0 Å². The van der Waals surface area contributed by atoms with Gasteiger partial charge in [0.2, 0.25) is 0 Å². The molecule has 0 amide bonds. The number of likely N-dealkylation sites (N-methyl/N-ethyl adjacent to an activating group) is 1. The maximum absolute atomic E-state index is 8.58. The molecule has 0 aliphatic carbocycles. The number of hydrogen-bond donors (Lipinski definition) is 0. The summed E-state index contributed by atoms with van der Waals surface area (Å²) in [5, 5.41) is 12.9. The van der Waals surface area contributed by atoms with Crippen LogP contribution in [0.3, 0.4) is 0 Å². The molecule has 1 aliphatic rings. The average Bonchev–Trinajstić information content (AvgIpc) is 2.85. The van der Waals surface area contributed by atoms with E-state index in [1.165, 1.54) is 6.42 Å². The third-order valence-corrected chi connectivity index (χ3v) is 3.01. The molecule has 0 radical (unpaired) electrons. The third-order valence-electron chi connectivity index (χ3n) is 3.01. The van der Waals surface area contributed by atoms with Crippen LogP contribution in [0.1, 0.15) is 24.9 Å². The number of nitrogens with zero attached hydrogens (tertiary/aromatic N) is 4. The van der Waals surface area contributed by atoms with Crippen LogP contribution in [0.2, 0.25) is 0 Å². The van der Waals surface area contributed by atoms with E-state index in [4.69, 9.17) is 5.26 Å². The fourth-order valence-electron chi connectivity index (χ4n) is 2.08. The first-order valence-electron chi connectivity index (χ1n) is 5.45. The van der Waals surface area contributed by atoms with Gasteiger partial charge in [-0.15, -0.1) is 0 Å². The van der Waals surface area contributed by atoms with E-state index in [1.807, 2.05) is 10.9 Å². The molecule has 1 saturated heterocycles. The van der Waals surface area contributed by atoms with Gasteiger partial charge >= 0.3 is 0 Å². The van der Waals surface area contributed by atoms with Gasteiger partial charge in [0.1, 0.15) is 0 Å². The summed E-state index contributed by atoms with van der Waals surface area (Å²) in [6, 6.07) is 2.64. The summed E-state index contributed by atoms with van der Waals surface area (Å²) in [4.78, 5) is 2.43. The van der Waals surface area contributed by atoms with Gasteiger partial charge in [0, 0.05) is 24.8 Å². The molecule has 1 aromatic heterocycles. The molecule has 0 spiro atoms. The zero-order chi connectivity index (χ0) is 10.7. The molecule has 2 rings (SSSR count). The molecule has 1 fully saturated rings. The Bertz CT molecular complexity index is 363. The Kier molecular flexibility index (Phi) is 3.02. The maximum Gasteiger partial charge on any atom is 0.0670 e. The fourth-order valence-corrected chi connectivity index (χ4v) is 2.08. The van der Waals surface area contributed by atoms with Crippen LogP contribution in [0.15, 0.2) is 12.4 Å². The summed E-state index contributed by atoms with van der Waals surface area (Å²) in [7, 11) is 0. The number of nitriles is 1. The molecule has 1 unspecified atom stereocenters. The van der Waals surface area contributed by atoms with Crippen molar-refractivity contribution in [2.45, 2.75) is 25.8 Å². The SMILES string of the molecule is CCN1CCC(n2cc(CC#N)cn2)C1. The van der Waals surface area contributed by atoms with Crippen LogP contribution in [-0.4, -0.2) is 34.3 Å². The minimum Gasteiger partial charge on any atom is -0.301 e. The number of likely N-dealkylation sites (tertiary alicyclic amines) is 1. The molecule has 4 nitrogen and oxygen atoms in total. The minimum absolute atomic E-state index is 0.463. The van der Waals surface area contributed by atoms with Crippen LogP contribution in [0, 0.1) is 11.3 Å². The van der Waals surface area contributed by atoms with Gasteiger partial charge in [0.15, 0.2) is 0 Å². The highest BCUT2D eigenvalue weighted by atomic mass is 15.3. The largest absolute Gasteiger partial charge is 0.301 e. The van der Waals surface area contributed by atoms with E-state index in [2.05, 4.69) is 23.0 Å². The summed E-state index contributed by atoms with van der Waals surface area (Å²) in [6.45, 7) is 5.55. The molecule has 0 bridgehead atoms. The van der Waals surface area contributed by atoms with Crippen LogP contribution in [-0.2, 0) is 6.42 Å². The van der Waals surface area contributed by atoms with Crippen molar-refractivity contribution in [3.05, 3.63) is 18.0 Å². The predicted molar refractivity (Wildman–Crippen MR) is 57.3 cm³/mol. The highest BCUT2D eigenvalue weighted by Gasteiger charge is 2.22. The van der Waals surface area contributed by atoms with Crippen molar-refractivity contribution in [1.29, 1.82) is 5.26 Å². The van der Waals surface area contributed by atoms with Crippen LogP contribution in [0.5, 0.6) is 0 Å². The first kappa shape index (κ1) is 10.2. The van der Waals surface area contributed by atoms with E-state index in [1.54, 1.807) is 6.20 Å². The van der Waals surface area contributed by atoms with E-state index >= 15 is 0 Å². The van der Waals surface area contributed by atoms with Crippen LogP contribution < -0.4 is 0 Å². The van der Waals surface area contributed by atoms with E-state index in [0.717, 1.165) is 25.2 Å². The Labute approximate surface area is 90.1 Å². The Balaban J connectivity index is 2.01. The average molecular weight is 204 g/mol. The lowest BCUT2D eigenvalue weighted by Crippen LogP contribution is -2.21. The van der Waals surface area contributed by atoms with Crippen molar-refractivity contribution in [3.8, 4) is 6.07 Å². The molecular formula is C11H16N4. The van der Waals surface area contributed by atoms with Gasteiger partial charge in [-0.05, 0) is 13.0 Å². The zero-order valence-electron chi connectivity index (χ0n) is 9.06. The van der Waals surface area contributed by atoms with Gasteiger partial charge in [0.25, 0.3) is 0 Å². The molecule has 1 aromatic rings. The normalized spacial score (nSPS) is 21.7. The van der Waals surface area contributed by atoms with Crippen LogP contribution in [0.4, 0.5) is 0 Å². The molecule has 15 heavy (non-hydrogen) atoms. The molecule has 1 aliphatic heterocycles. The quantitative estimate of drug-likeness (QED) is 0.743. The summed E-state index contributed by atoms with van der Waals surface area (Å²) >= 11 is 0. The minimum atomic E-state index is 0.463. The van der Waals surface area contributed by atoms with E-state index in [9.17, 15) is 0 Å². The van der Waals surface area contributed by atoms with Crippen molar-refractivity contribution < 1.29 is 0 Å². The Morgan fingerprint density at radius 1 is 1.67 bits per heavy atom. The van der Waals surface area contributed by atoms with Crippen molar-refractivity contribution in [2.75, 3.05) is 19.6 Å². The number of rotatable bonds is 3.